The molecular weight excluding hydrogens is 160 g/mol. The number of benzene rings is 1. The van der Waals surface area contributed by atoms with Crippen molar-refractivity contribution in [3.05, 3.63) is 24.3 Å². The highest BCUT2D eigenvalue weighted by atomic mass is 14.9. The lowest BCUT2D eigenvalue weighted by atomic mass is 10.1. The molecule has 0 saturated carbocycles. The van der Waals surface area contributed by atoms with Crippen LogP contribution < -0.4 is 11.1 Å². The van der Waals surface area contributed by atoms with Gasteiger partial charge in [0.1, 0.15) is 0 Å². The van der Waals surface area contributed by atoms with Gasteiger partial charge in [0, 0.05) is 17.9 Å². The fraction of sp³-hybridized carbons (Fsp3) is 0.455. The molecule has 0 aliphatic rings. The Balaban J connectivity index is 2.45. The van der Waals surface area contributed by atoms with Gasteiger partial charge in [0.05, 0.1) is 0 Å². The number of rotatable bonds is 4. The van der Waals surface area contributed by atoms with Crippen molar-refractivity contribution in [3.63, 3.8) is 0 Å². The van der Waals surface area contributed by atoms with Crippen LogP contribution in [-0.2, 0) is 0 Å². The Hall–Kier alpha value is -1.18. The summed E-state index contributed by atoms with van der Waals surface area (Å²) in [5.41, 5.74) is 7.58. The third kappa shape index (κ3) is 3.36. The first-order valence-corrected chi connectivity index (χ1v) is 4.81. The molecule has 0 radical (unpaired) electrons. The summed E-state index contributed by atoms with van der Waals surface area (Å²) in [7, 11) is 0. The average molecular weight is 178 g/mol. The van der Waals surface area contributed by atoms with Gasteiger partial charge in [0.25, 0.3) is 0 Å². The van der Waals surface area contributed by atoms with Crippen molar-refractivity contribution in [1.29, 1.82) is 0 Å². The van der Waals surface area contributed by atoms with Crippen molar-refractivity contribution < 1.29 is 0 Å². The van der Waals surface area contributed by atoms with Crippen LogP contribution in [0, 0.1) is 5.92 Å². The number of hydrogen-bond donors (Lipinski definition) is 2. The topological polar surface area (TPSA) is 38.0 Å². The van der Waals surface area contributed by atoms with Crippen LogP contribution in [0.3, 0.4) is 0 Å². The molecule has 1 aromatic rings. The molecule has 0 fully saturated rings. The predicted octanol–water partition coefficient (Wildman–Crippen LogP) is 2.73. The number of anilines is 2. The van der Waals surface area contributed by atoms with E-state index < -0.39 is 0 Å². The molecule has 1 rings (SSSR count). The predicted molar refractivity (Wildman–Crippen MR) is 58.8 cm³/mol. The highest BCUT2D eigenvalue weighted by molar-refractivity contribution is 5.53. The maximum atomic E-state index is 5.66. The Labute approximate surface area is 80.1 Å². The zero-order valence-corrected chi connectivity index (χ0v) is 8.38. The van der Waals surface area contributed by atoms with E-state index in [0.717, 1.165) is 17.9 Å². The maximum Gasteiger partial charge on any atom is 0.0360 e. The van der Waals surface area contributed by atoms with Crippen LogP contribution in [0.25, 0.3) is 0 Å². The minimum atomic E-state index is 0.710. The van der Waals surface area contributed by atoms with E-state index in [-0.39, 0.29) is 0 Å². The molecule has 0 aliphatic carbocycles. The van der Waals surface area contributed by atoms with Crippen molar-refractivity contribution in [3.8, 4) is 0 Å². The molecule has 1 unspecified atom stereocenters. The standard InChI is InChI=1S/C11H18N2/c1-3-9(2)8-13-11-6-4-5-10(12)7-11/h4-7,9,13H,3,8,12H2,1-2H3. The van der Waals surface area contributed by atoms with E-state index in [4.69, 9.17) is 5.73 Å². The number of nitrogens with two attached hydrogens (primary N) is 1. The van der Waals surface area contributed by atoms with Crippen LogP contribution >= 0.6 is 0 Å². The zero-order valence-electron chi connectivity index (χ0n) is 8.38. The second-order valence-corrected chi connectivity index (χ2v) is 3.52. The Morgan fingerprint density at radius 1 is 1.46 bits per heavy atom. The summed E-state index contributed by atoms with van der Waals surface area (Å²) in [5, 5.41) is 3.36. The number of nitrogens with one attached hydrogen (secondary N) is 1. The molecule has 0 saturated heterocycles. The molecule has 0 heterocycles. The minimum Gasteiger partial charge on any atom is -0.399 e. The Morgan fingerprint density at radius 3 is 2.85 bits per heavy atom. The van der Waals surface area contributed by atoms with Gasteiger partial charge in [0.15, 0.2) is 0 Å². The second kappa shape index (κ2) is 4.75. The van der Waals surface area contributed by atoms with Crippen molar-refractivity contribution >= 4 is 11.4 Å². The van der Waals surface area contributed by atoms with Crippen LogP contribution in [0.4, 0.5) is 11.4 Å². The van der Waals surface area contributed by atoms with Gasteiger partial charge in [-0.3, -0.25) is 0 Å². The quantitative estimate of drug-likeness (QED) is 0.696. The summed E-state index contributed by atoms with van der Waals surface area (Å²) in [4.78, 5) is 0. The maximum absolute atomic E-state index is 5.66. The van der Waals surface area contributed by atoms with Gasteiger partial charge in [-0.1, -0.05) is 26.3 Å². The number of hydrogen-bond acceptors (Lipinski definition) is 2. The molecule has 0 spiro atoms. The van der Waals surface area contributed by atoms with Crippen LogP contribution in [-0.4, -0.2) is 6.54 Å². The summed E-state index contributed by atoms with van der Waals surface area (Å²) < 4.78 is 0. The normalized spacial score (nSPS) is 12.5. The summed E-state index contributed by atoms with van der Waals surface area (Å²) in [5.74, 6) is 0.710. The van der Waals surface area contributed by atoms with Gasteiger partial charge in [-0.05, 0) is 24.1 Å². The first kappa shape index (κ1) is 9.90. The van der Waals surface area contributed by atoms with E-state index in [9.17, 15) is 0 Å². The lowest BCUT2D eigenvalue weighted by Crippen LogP contribution is -2.10. The smallest absolute Gasteiger partial charge is 0.0360 e. The molecule has 1 aromatic carbocycles. The highest BCUT2D eigenvalue weighted by Gasteiger charge is 1.97. The Morgan fingerprint density at radius 2 is 2.23 bits per heavy atom. The molecule has 2 heteroatoms. The number of nitrogen functional groups attached to an aromatic ring is 1. The van der Waals surface area contributed by atoms with Crippen LogP contribution in [0.2, 0.25) is 0 Å². The highest BCUT2D eigenvalue weighted by Crippen LogP contribution is 2.12. The summed E-state index contributed by atoms with van der Waals surface area (Å²) in [6.07, 6.45) is 1.20. The molecule has 0 amide bonds. The summed E-state index contributed by atoms with van der Waals surface area (Å²) in [6.45, 7) is 5.45. The average Bonchev–Trinajstić information content (AvgIpc) is 2.14. The first-order valence-electron chi connectivity index (χ1n) is 4.81. The van der Waals surface area contributed by atoms with Crippen molar-refractivity contribution in [2.24, 2.45) is 5.92 Å². The molecule has 3 N–H and O–H groups in total. The molecule has 0 aliphatic heterocycles. The molecule has 13 heavy (non-hydrogen) atoms. The fourth-order valence-electron chi connectivity index (χ4n) is 1.09. The molecule has 2 nitrogen and oxygen atoms in total. The van der Waals surface area contributed by atoms with Gasteiger partial charge in [-0.25, -0.2) is 0 Å². The third-order valence-electron chi connectivity index (χ3n) is 2.24. The summed E-state index contributed by atoms with van der Waals surface area (Å²) >= 11 is 0. The molecule has 0 aromatic heterocycles. The van der Waals surface area contributed by atoms with E-state index >= 15 is 0 Å². The van der Waals surface area contributed by atoms with Gasteiger partial charge >= 0.3 is 0 Å². The third-order valence-corrected chi connectivity index (χ3v) is 2.24. The van der Waals surface area contributed by atoms with Gasteiger partial charge in [-0.15, -0.1) is 0 Å². The van der Waals surface area contributed by atoms with Crippen LogP contribution in [0.1, 0.15) is 20.3 Å². The SMILES string of the molecule is CCC(C)CNc1cccc(N)c1. The molecule has 1 atom stereocenters. The van der Waals surface area contributed by atoms with E-state index in [1.54, 1.807) is 0 Å². The largest absolute Gasteiger partial charge is 0.399 e. The van der Waals surface area contributed by atoms with E-state index in [0.29, 0.717) is 5.92 Å². The molecular formula is C11H18N2. The minimum absolute atomic E-state index is 0.710. The lowest BCUT2D eigenvalue weighted by molar-refractivity contribution is 0.593. The fourth-order valence-corrected chi connectivity index (χ4v) is 1.09. The van der Waals surface area contributed by atoms with Crippen molar-refractivity contribution in [2.75, 3.05) is 17.6 Å². The van der Waals surface area contributed by atoms with Crippen molar-refractivity contribution in [2.45, 2.75) is 20.3 Å². The van der Waals surface area contributed by atoms with E-state index in [2.05, 4.69) is 19.2 Å². The monoisotopic (exact) mass is 178 g/mol. The summed E-state index contributed by atoms with van der Waals surface area (Å²) in [6, 6.07) is 7.86. The van der Waals surface area contributed by atoms with Crippen molar-refractivity contribution in [1.82, 2.24) is 0 Å². The van der Waals surface area contributed by atoms with Gasteiger partial charge < -0.3 is 11.1 Å². The van der Waals surface area contributed by atoms with Gasteiger partial charge in [-0.2, -0.15) is 0 Å². The van der Waals surface area contributed by atoms with Gasteiger partial charge in [0.2, 0.25) is 0 Å². The van der Waals surface area contributed by atoms with Crippen LogP contribution in [0.5, 0.6) is 0 Å². The molecule has 72 valence electrons. The second-order valence-electron chi connectivity index (χ2n) is 3.52. The van der Waals surface area contributed by atoms with E-state index in [1.807, 2.05) is 24.3 Å². The zero-order chi connectivity index (χ0) is 9.68. The first-order chi connectivity index (χ1) is 6.22. The lowest BCUT2D eigenvalue weighted by Gasteiger charge is -2.11. The van der Waals surface area contributed by atoms with E-state index in [1.165, 1.54) is 6.42 Å². The Bertz CT molecular complexity index is 258. The van der Waals surface area contributed by atoms with Crippen LogP contribution in [0.15, 0.2) is 24.3 Å². The Kier molecular flexibility index (Phi) is 3.62. The molecule has 0 bridgehead atoms.